The molecule has 0 spiro atoms. The first-order valence-corrected chi connectivity index (χ1v) is 6.80. The van der Waals surface area contributed by atoms with E-state index in [4.69, 9.17) is 11.0 Å². The van der Waals surface area contributed by atoms with Crippen LogP contribution in [0, 0.1) is 25.2 Å². The van der Waals surface area contributed by atoms with Crippen LogP contribution in [0.2, 0.25) is 0 Å². The summed E-state index contributed by atoms with van der Waals surface area (Å²) >= 11 is 0. The van der Waals surface area contributed by atoms with E-state index in [0.29, 0.717) is 17.4 Å². The van der Waals surface area contributed by atoms with Crippen molar-refractivity contribution in [3.63, 3.8) is 0 Å². The Kier molecular flexibility index (Phi) is 3.63. The highest BCUT2D eigenvalue weighted by Crippen LogP contribution is 2.24. The molecule has 1 saturated heterocycles. The highest BCUT2D eigenvalue weighted by molar-refractivity contribution is 5.57. The van der Waals surface area contributed by atoms with Gasteiger partial charge in [-0.15, -0.1) is 0 Å². The average Bonchev–Trinajstić information content (AvgIpc) is 2.89. The highest BCUT2D eigenvalue weighted by Gasteiger charge is 2.29. The van der Waals surface area contributed by atoms with Crippen LogP contribution < -0.4 is 10.6 Å². The quantitative estimate of drug-likeness (QED) is 0.823. The fourth-order valence-electron chi connectivity index (χ4n) is 3.16. The second-order valence-electron chi connectivity index (χ2n) is 5.29. The molecule has 1 fully saturated rings. The van der Waals surface area contributed by atoms with Gasteiger partial charge in [-0.25, -0.2) is 0 Å². The fourth-order valence-corrected chi connectivity index (χ4v) is 3.16. The smallest absolute Gasteiger partial charge is 0.122 e. The topological polar surface area (TPSA) is 59.2 Å². The van der Waals surface area contributed by atoms with Crippen molar-refractivity contribution < 1.29 is 4.90 Å². The minimum absolute atomic E-state index is 0.648. The molecule has 2 atom stereocenters. The molecule has 1 aliphatic heterocycles. The van der Waals surface area contributed by atoms with E-state index in [-0.39, 0.29) is 0 Å². The number of aromatic nitrogens is 1. The van der Waals surface area contributed by atoms with Gasteiger partial charge in [-0.3, -0.25) is 0 Å². The van der Waals surface area contributed by atoms with Crippen molar-refractivity contribution in [3.05, 3.63) is 16.8 Å². The summed E-state index contributed by atoms with van der Waals surface area (Å²) in [5, 5.41) is 9.15. The van der Waals surface area contributed by atoms with Crippen molar-refractivity contribution in [1.82, 2.24) is 4.57 Å². The Bertz CT molecular complexity index is 481. The number of nitrogen functional groups attached to an aromatic ring is 1. The van der Waals surface area contributed by atoms with Crippen molar-refractivity contribution in [3.8, 4) is 6.07 Å². The van der Waals surface area contributed by atoms with E-state index in [9.17, 15) is 0 Å². The molecule has 4 heteroatoms. The molecule has 1 aliphatic rings. The standard InChI is InChI=1S/C14H22N4/c1-4-17-7-5-6-12(17)9-18-11(3)10(2)13(8-15)14(18)16/h12H,4-7,9,16H2,1-3H3/p+1/t12-/m1/s1. The van der Waals surface area contributed by atoms with E-state index >= 15 is 0 Å². The summed E-state index contributed by atoms with van der Waals surface area (Å²) < 4.78 is 2.14. The number of rotatable bonds is 3. The van der Waals surface area contributed by atoms with Crippen molar-refractivity contribution in [1.29, 1.82) is 5.26 Å². The molecule has 1 unspecified atom stereocenters. The Morgan fingerprint density at radius 1 is 1.50 bits per heavy atom. The first-order chi connectivity index (χ1) is 8.60. The summed E-state index contributed by atoms with van der Waals surface area (Å²) in [5.74, 6) is 0.648. The zero-order valence-electron chi connectivity index (χ0n) is 11.6. The molecule has 0 bridgehead atoms. The van der Waals surface area contributed by atoms with E-state index in [2.05, 4.69) is 24.5 Å². The molecule has 2 heterocycles. The van der Waals surface area contributed by atoms with Crippen molar-refractivity contribution in [2.75, 3.05) is 18.8 Å². The lowest BCUT2D eigenvalue weighted by atomic mass is 10.2. The summed E-state index contributed by atoms with van der Waals surface area (Å²) in [6.07, 6.45) is 2.57. The zero-order valence-corrected chi connectivity index (χ0v) is 11.6. The fraction of sp³-hybridized carbons (Fsp3) is 0.643. The molecule has 0 saturated carbocycles. The minimum Gasteiger partial charge on any atom is -0.384 e. The first kappa shape index (κ1) is 13.0. The Hall–Kier alpha value is -1.47. The zero-order chi connectivity index (χ0) is 13.3. The number of nitriles is 1. The molecule has 0 radical (unpaired) electrons. The van der Waals surface area contributed by atoms with Gasteiger partial charge >= 0.3 is 0 Å². The maximum Gasteiger partial charge on any atom is 0.122 e. The molecule has 18 heavy (non-hydrogen) atoms. The van der Waals surface area contributed by atoms with Gasteiger partial charge in [0.15, 0.2) is 0 Å². The summed E-state index contributed by atoms with van der Waals surface area (Å²) in [6, 6.07) is 2.87. The predicted octanol–water partition coefficient (Wildman–Crippen LogP) is 0.626. The number of quaternary nitrogens is 1. The van der Waals surface area contributed by atoms with E-state index in [1.807, 2.05) is 6.92 Å². The SMILES string of the molecule is CC[NH+]1CCC[C@@H]1Cn1c(C)c(C)c(C#N)c1N. The monoisotopic (exact) mass is 247 g/mol. The van der Waals surface area contributed by atoms with Gasteiger partial charge in [-0.1, -0.05) is 0 Å². The van der Waals surface area contributed by atoms with Crippen molar-refractivity contribution in [2.24, 2.45) is 0 Å². The Morgan fingerprint density at radius 3 is 2.78 bits per heavy atom. The summed E-state index contributed by atoms with van der Waals surface area (Å²) in [6.45, 7) is 9.68. The lowest BCUT2D eigenvalue weighted by molar-refractivity contribution is -0.911. The van der Waals surface area contributed by atoms with Gasteiger partial charge in [0.1, 0.15) is 17.9 Å². The van der Waals surface area contributed by atoms with Gasteiger partial charge in [-0.2, -0.15) is 5.26 Å². The maximum atomic E-state index is 9.15. The van der Waals surface area contributed by atoms with Gasteiger partial charge in [0.25, 0.3) is 0 Å². The molecular weight excluding hydrogens is 224 g/mol. The van der Waals surface area contributed by atoms with Crippen LogP contribution in [0.1, 0.15) is 36.6 Å². The molecule has 0 aliphatic carbocycles. The molecule has 4 nitrogen and oxygen atoms in total. The van der Waals surface area contributed by atoms with Gasteiger partial charge in [-0.05, 0) is 26.3 Å². The Morgan fingerprint density at radius 2 is 2.22 bits per heavy atom. The number of likely N-dealkylation sites (tertiary alicyclic amines) is 1. The van der Waals surface area contributed by atoms with Crippen LogP contribution in [0.25, 0.3) is 0 Å². The van der Waals surface area contributed by atoms with Crippen LogP contribution in [0.3, 0.4) is 0 Å². The van der Waals surface area contributed by atoms with E-state index < -0.39 is 0 Å². The third-order valence-electron chi connectivity index (χ3n) is 4.47. The highest BCUT2D eigenvalue weighted by atomic mass is 15.2. The van der Waals surface area contributed by atoms with Crippen LogP contribution in [-0.2, 0) is 6.54 Å². The number of nitrogens with one attached hydrogen (secondary N) is 1. The van der Waals surface area contributed by atoms with Crippen molar-refractivity contribution in [2.45, 2.75) is 46.2 Å². The third kappa shape index (κ3) is 1.99. The van der Waals surface area contributed by atoms with E-state index in [1.165, 1.54) is 25.9 Å². The lowest BCUT2D eigenvalue weighted by Crippen LogP contribution is -3.13. The van der Waals surface area contributed by atoms with Gasteiger partial charge in [0.2, 0.25) is 0 Å². The van der Waals surface area contributed by atoms with Crippen LogP contribution >= 0.6 is 0 Å². The third-order valence-corrected chi connectivity index (χ3v) is 4.47. The normalized spacial score (nSPS) is 23.2. The summed E-state index contributed by atoms with van der Waals surface area (Å²) in [7, 11) is 0. The maximum absolute atomic E-state index is 9.15. The second kappa shape index (κ2) is 5.03. The molecule has 1 aromatic rings. The lowest BCUT2D eigenvalue weighted by Gasteiger charge is -2.21. The number of nitrogens with two attached hydrogens (primary N) is 1. The number of hydrogen-bond donors (Lipinski definition) is 2. The largest absolute Gasteiger partial charge is 0.384 e. The minimum atomic E-state index is 0.648. The number of likely N-dealkylation sites (N-methyl/N-ethyl adjacent to an activating group) is 1. The molecule has 3 N–H and O–H groups in total. The number of hydrogen-bond acceptors (Lipinski definition) is 2. The predicted molar refractivity (Wildman–Crippen MR) is 72.4 cm³/mol. The Labute approximate surface area is 109 Å². The van der Waals surface area contributed by atoms with Gasteiger partial charge < -0.3 is 15.2 Å². The molecule has 0 aromatic carbocycles. The first-order valence-electron chi connectivity index (χ1n) is 6.80. The van der Waals surface area contributed by atoms with Crippen LogP contribution in [0.5, 0.6) is 0 Å². The second-order valence-corrected chi connectivity index (χ2v) is 5.29. The molecule has 98 valence electrons. The van der Waals surface area contributed by atoms with Crippen molar-refractivity contribution >= 4 is 5.82 Å². The van der Waals surface area contributed by atoms with E-state index in [1.54, 1.807) is 4.90 Å². The molecule has 1 aromatic heterocycles. The Balaban J connectivity index is 2.27. The van der Waals surface area contributed by atoms with E-state index in [0.717, 1.165) is 17.8 Å². The van der Waals surface area contributed by atoms with Gasteiger partial charge in [0.05, 0.1) is 25.2 Å². The number of nitrogens with zero attached hydrogens (tertiary/aromatic N) is 2. The molecular formula is C14H23N4+. The van der Waals surface area contributed by atoms with Crippen LogP contribution in [-0.4, -0.2) is 23.7 Å². The molecule has 2 rings (SSSR count). The average molecular weight is 247 g/mol. The van der Waals surface area contributed by atoms with Gasteiger partial charge in [0, 0.05) is 18.5 Å². The summed E-state index contributed by atoms with van der Waals surface area (Å²) in [5.41, 5.74) is 8.95. The summed E-state index contributed by atoms with van der Waals surface area (Å²) in [4.78, 5) is 1.67. The van der Waals surface area contributed by atoms with Crippen LogP contribution in [0.15, 0.2) is 0 Å². The molecule has 0 amide bonds. The number of anilines is 1. The van der Waals surface area contributed by atoms with Crippen LogP contribution in [0.4, 0.5) is 5.82 Å².